The Kier molecular flexibility index (Phi) is 4.66. The molecular weight excluding hydrogens is 214 g/mol. The fraction of sp³-hybridized carbons (Fsp3) is 0.923. The highest BCUT2D eigenvalue weighted by Crippen LogP contribution is 2.17. The van der Waals surface area contributed by atoms with Crippen LogP contribution >= 0.6 is 0 Å². The third-order valence-electron chi connectivity index (χ3n) is 4.01. The molecule has 1 atom stereocenters. The van der Waals surface area contributed by atoms with E-state index in [1.807, 2.05) is 0 Å². The van der Waals surface area contributed by atoms with Gasteiger partial charge in [-0.05, 0) is 52.1 Å². The van der Waals surface area contributed by atoms with E-state index in [2.05, 4.69) is 22.5 Å². The first-order valence-corrected chi connectivity index (χ1v) is 7.04. The zero-order chi connectivity index (χ0) is 12.1. The second-order valence-electron chi connectivity index (χ2n) is 5.43. The van der Waals surface area contributed by atoms with Gasteiger partial charge in [-0.25, -0.2) is 4.79 Å². The van der Waals surface area contributed by atoms with E-state index < -0.39 is 0 Å². The van der Waals surface area contributed by atoms with Gasteiger partial charge in [-0.2, -0.15) is 0 Å². The van der Waals surface area contributed by atoms with E-state index in [1.54, 1.807) is 0 Å². The molecule has 2 rings (SSSR count). The number of rotatable bonds is 4. The van der Waals surface area contributed by atoms with Gasteiger partial charge in [-0.15, -0.1) is 0 Å². The molecule has 98 valence electrons. The quantitative estimate of drug-likeness (QED) is 0.784. The summed E-state index contributed by atoms with van der Waals surface area (Å²) in [5, 5.41) is 5.99. The lowest BCUT2D eigenvalue weighted by molar-refractivity contribution is 0.169. The molecule has 1 heterocycles. The third kappa shape index (κ3) is 3.87. The van der Waals surface area contributed by atoms with Gasteiger partial charge in [-0.3, -0.25) is 4.90 Å². The number of carbonyl (C=O) groups excluding carboxylic acids is 1. The maximum atomic E-state index is 11.6. The lowest BCUT2D eigenvalue weighted by Gasteiger charge is -2.33. The van der Waals surface area contributed by atoms with Crippen LogP contribution in [-0.2, 0) is 0 Å². The molecular formula is C13H25N3O. The average Bonchev–Trinajstić information content (AvgIpc) is 2.32. The topological polar surface area (TPSA) is 44.4 Å². The third-order valence-corrected chi connectivity index (χ3v) is 4.01. The number of likely N-dealkylation sites (tertiary alicyclic amines) is 1. The van der Waals surface area contributed by atoms with Crippen LogP contribution in [0.25, 0.3) is 0 Å². The summed E-state index contributed by atoms with van der Waals surface area (Å²) in [6, 6.07) is 0.904. The molecule has 0 spiro atoms. The number of urea groups is 1. The Balaban J connectivity index is 1.60. The van der Waals surface area contributed by atoms with Gasteiger partial charge < -0.3 is 10.6 Å². The van der Waals surface area contributed by atoms with E-state index in [9.17, 15) is 4.79 Å². The Hall–Kier alpha value is -0.770. The highest BCUT2D eigenvalue weighted by atomic mass is 16.2. The molecule has 2 aliphatic rings. The number of piperidine rings is 1. The molecule has 2 N–H and O–H groups in total. The Labute approximate surface area is 104 Å². The Morgan fingerprint density at radius 2 is 1.94 bits per heavy atom. The summed E-state index contributed by atoms with van der Waals surface area (Å²) in [6.07, 6.45) is 7.52. The summed E-state index contributed by atoms with van der Waals surface area (Å²) in [5.74, 6) is 0. The maximum absolute atomic E-state index is 11.6. The molecule has 1 unspecified atom stereocenters. The van der Waals surface area contributed by atoms with Crippen LogP contribution in [0.1, 0.15) is 45.4 Å². The zero-order valence-electron chi connectivity index (χ0n) is 10.9. The van der Waals surface area contributed by atoms with Crippen molar-refractivity contribution in [3.8, 4) is 0 Å². The first-order valence-electron chi connectivity index (χ1n) is 7.04. The molecule has 1 aliphatic heterocycles. The predicted molar refractivity (Wildman–Crippen MR) is 69.1 cm³/mol. The SMILES string of the molecule is CC(CNC(=O)NC1CCC1)N1CCCCC1. The van der Waals surface area contributed by atoms with Crippen molar-refractivity contribution in [1.82, 2.24) is 15.5 Å². The van der Waals surface area contributed by atoms with Crippen molar-refractivity contribution in [2.45, 2.75) is 57.5 Å². The van der Waals surface area contributed by atoms with Gasteiger partial charge in [-0.1, -0.05) is 6.42 Å². The van der Waals surface area contributed by atoms with Gasteiger partial charge in [0.1, 0.15) is 0 Å². The molecule has 0 aromatic rings. The summed E-state index contributed by atoms with van der Waals surface area (Å²) < 4.78 is 0. The van der Waals surface area contributed by atoms with E-state index >= 15 is 0 Å². The van der Waals surface area contributed by atoms with E-state index in [1.165, 1.54) is 38.8 Å². The summed E-state index contributed by atoms with van der Waals surface area (Å²) in [4.78, 5) is 14.1. The van der Waals surface area contributed by atoms with Crippen molar-refractivity contribution in [3.63, 3.8) is 0 Å². The molecule has 17 heavy (non-hydrogen) atoms. The van der Waals surface area contributed by atoms with E-state index in [0.717, 1.165) is 19.4 Å². The van der Waals surface area contributed by atoms with Crippen molar-refractivity contribution in [2.24, 2.45) is 0 Å². The lowest BCUT2D eigenvalue weighted by atomic mass is 9.93. The summed E-state index contributed by atoms with van der Waals surface area (Å²) in [6.45, 7) is 5.34. The molecule has 1 saturated carbocycles. The van der Waals surface area contributed by atoms with Crippen molar-refractivity contribution in [3.05, 3.63) is 0 Å². The zero-order valence-corrected chi connectivity index (χ0v) is 10.9. The number of carbonyl (C=O) groups is 1. The molecule has 0 bridgehead atoms. The Morgan fingerprint density at radius 3 is 2.53 bits per heavy atom. The van der Waals surface area contributed by atoms with Crippen molar-refractivity contribution < 1.29 is 4.79 Å². The van der Waals surface area contributed by atoms with Crippen molar-refractivity contribution >= 4 is 6.03 Å². The second-order valence-corrected chi connectivity index (χ2v) is 5.43. The minimum atomic E-state index is 0.0126. The normalized spacial score (nSPS) is 23.8. The Bertz CT molecular complexity index is 247. The lowest BCUT2D eigenvalue weighted by Crippen LogP contribution is -2.49. The number of nitrogens with zero attached hydrogens (tertiary/aromatic N) is 1. The molecule has 0 aromatic carbocycles. The highest BCUT2D eigenvalue weighted by Gasteiger charge is 2.20. The van der Waals surface area contributed by atoms with Crippen LogP contribution in [0.2, 0.25) is 0 Å². The smallest absolute Gasteiger partial charge is 0.315 e. The van der Waals surface area contributed by atoms with Gasteiger partial charge in [0.05, 0.1) is 0 Å². The highest BCUT2D eigenvalue weighted by molar-refractivity contribution is 5.74. The first-order chi connectivity index (χ1) is 8.25. The standard InChI is InChI=1S/C13H25N3O/c1-11(16-8-3-2-4-9-16)10-14-13(17)15-12-6-5-7-12/h11-12H,2-10H2,1H3,(H2,14,15,17). The second kappa shape index (κ2) is 6.24. The molecule has 0 aromatic heterocycles. The average molecular weight is 239 g/mol. The van der Waals surface area contributed by atoms with Gasteiger partial charge in [0.25, 0.3) is 0 Å². The summed E-state index contributed by atoms with van der Waals surface area (Å²) in [5.41, 5.74) is 0. The monoisotopic (exact) mass is 239 g/mol. The summed E-state index contributed by atoms with van der Waals surface area (Å²) >= 11 is 0. The van der Waals surface area contributed by atoms with E-state index in [0.29, 0.717) is 12.1 Å². The number of hydrogen-bond donors (Lipinski definition) is 2. The van der Waals surface area contributed by atoms with E-state index in [-0.39, 0.29) is 6.03 Å². The number of hydrogen-bond acceptors (Lipinski definition) is 2. The van der Waals surface area contributed by atoms with Gasteiger partial charge in [0.15, 0.2) is 0 Å². The first kappa shape index (κ1) is 12.7. The van der Waals surface area contributed by atoms with Crippen molar-refractivity contribution in [1.29, 1.82) is 0 Å². The van der Waals surface area contributed by atoms with Gasteiger partial charge in [0.2, 0.25) is 0 Å². The van der Waals surface area contributed by atoms with E-state index in [4.69, 9.17) is 0 Å². The van der Waals surface area contributed by atoms with Crippen LogP contribution in [0.3, 0.4) is 0 Å². The molecule has 0 radical (unpaired) electrons. The fourth-order valence-electron chi connectivity index (χ4n) is 2.52. The van der Waals surface area contributed by atoms with Crippen LogP contribution in [0.5, 0.6) is 0 Å². The minimum absolute atomic E-state index is 0.0126. The molecule has 4 heteroatoms. The maximum Gasteiger partial charge on any atom is 0.315 e. The van der Waals surface area contributed by atoms with Gasteiger partial charge in [0, 0.05) is 18.6 Å². The molecule has 2 amide bonds. The van der Waals surface area contributed by atoms with Crippen LogP contribution in [0.4, 0.5) is 4.79 Å². The molecule has 2 fully saturated rings. The Morgan fingerprint density at radius 1 is 1.24 bits per heavy atom. The molecule has 1 saturated heterocycles. The molecule has 1 aliphatic carbocycles. The minimum Gasteiger partial charge on any atom is -0.337 e. The van der Waals surface area contributed by atoms with Gasteiger partial charge >= 0.3 is 6.03 Å². The number of nitrogens with one attached hydrogen (secondary N) is 2. The van der Waals surface area contributed by atoms with Crippen LogP contribution in [-0.4, -0.2) is 42.6 Å². The van der Waals surface area contributed by atoms with Crippen molar-refractivity contribution in [2.75, 3.05) is 19.6 Å². The van der Waals surface area contributed by atoms with Crippen LogP contribution < -0.4 is 10.6 Å². The predicted octanol–water partition coefficient (Wildman–Crippen LogP) is 1.71. The summed E-state index contributed by atoms with van der Waals surface area (Å²) in [7, 11) is 0. The van der Waals surface area contributed by atoms with Crippen LogP contribution in [0, 0.1) is 0 Å². The van der Waals surface area contributed by atoms with Crippen LogP contribution in [0.15, 0.2) is 0 Å². The fourth-order valence-corrected chi connectivity index (χ4v) is 2.52. The largest absolute Gasteiger partial charge is 0.337 e. The molecule has 4 nitrogen and oxygen atoms in total. The number of amides is 2.